The van der Waals surface area contributed by atoms with E-state index in [1.807, 2.05) is 54.9 Å². The van der Waals surface area contributed by atoms with Crippen molar-refractivity contribution >= 4 is 41.4 Å². The Morgan fingerprint density at radius 3 is 2.60 bits per heavy atom. The minimum absolute atomic E-state index is 0.118. The van der Waals surface area contributed by atoms with Crippen LogP contribution in [0.1, 0.15) is 96.3 Å². The highest BCUT2D eigenvalue weighted by Crippen LogP contribution is 2.50. The molecule has 13 heteroatoms. The lowest BCUT2D eigenvalue weighted by atomic mass is 9.93. The summed E-state index contributed by atoms with van der Waals surface area (Å²) in [4.78, 5) is 32.0. The summed E-state index contributed by atoms with van der Waals surface area (Å²) in [6, 6.07) is 5.31. The van der Waals surface area contributed by atoms with E-state index in [2.05, 4.69) is 34.1 Å². The summed E-state index contributed by atoms with van der Waals surface area (Å²) in [6.45, 7) is 12.1. The highest BCUT2D eigenvalue weighted by Gasteiger charge is 2.43. The van der Waals surface area contributed by atoms with Crippen LogP contribution in [0.5, 0.6) is 0 Å². The number of aryl methyl sites for hydroxylation is 1. The number of rotatable bonds is 14. The fraction of sp³-hybridized carbons (Fsp3) is 0.657. The quantitative estimate of drug-likeness (QED) is 0.156. The van der Waals surface area contributed by atoms with Crippen molar-refractivity contribution in [3.63, 3.8) is 0 Å². The van der Waals surface area contributed by atoms with Gasteiger partial charge in [-0.2, -0.15) is 10.5 Å². The Morgan fingerprint density at radius 1 is 1.17 bits per heavy atom. The summed E-state index contributed by atoms with van der Waals surface area (Å²) in [7, 11) is 0. The maximum atomic E-state index is 12.9. The molecule has 2 N–H and O–H groups in total. The first-order valence-corrected chi connectivity index (χ1v) is 18.6. The van der Waals surface area contributed by atoms with Gasteiger partial charge < -0.3 is 14.4 Å². The average Bonchev–Trinajstić information content (AvgIpc) is 3.92. The smallest absolute Gasteiger partial charge is 0.410 e. The molecule has 1 saturated heterocycles. The van der Waals surface area contributed by atoms with Crippen LogP contribution in [0.4, 0.5) is 10.6 Å². The van der Waals surface area contributed by atoms with Crippen LogP contribution in [0.15, 0.2) is 41.7 Å². The van der Waals surface area contributed by atoms with Crippen LogP contribution in [0.3, 0.4) is 0 Å². The van der Waals surface area contributed by atoms with Gasteiger partial charge in [0.25, 0.3) is 5.91 Å². The first-order chi connectivity index (χ1) is 22.8. The van der Waals surface area contributed by atoms with Crippen LogP contribution in [-0.4, -0.2) is 62.2 Å². The highest BCUT2D eigenvalue weighted by atomic mass is 35.5. The first kappa shape index (κ1) is 35.0. The number of carbonyl (C=O) groups is 2. The van der Waals surface area contributed by atoms with Crippen LogP contribution in [-0.2, 0) is 16.0 Å². The Bertz CT molecular complexity index is 1470. The van der Waals surface area contributed by atoms with Gasteiger partial charge in [-0.25, -0.2) is 9.78 Å². The molecule has 4 aliphatic rings. The summed E-state index contributed by atoms with van der Waals surface area (Å²) in [5.74, 6) is 3.34. The number of carbonyl (C=O) groups excluding carboxylic acids is 2. The molecule has 4 heterocycles. The van der Waals surface area contributed by atoms with Crippen molar-refractivity contribution in [3.8, 4) is 0 Å². The molecule has 0 radical (unpaired) electrons. The number of hydrogen-bond acceptors (Lipinski definition) is 9. The number of hydrogen-bond donors (Lipinski definition) is 2. The van der Waals surface area contributed by atoms with Crippen LogP contribution < -0.4 is 15.2 Å². The predicted molar refractivity (Wildman–Crippen MR) is 187 cm³/mol. The zero-order valence-electron chi connectivity index (χ0n) is 28.8. The lowest BCUT2D eigenvalue weighted by Crippen LogP contribution is -2.45. The van der Waals surface area contributed by atoms with Gasteiger partial charge in [0.2, 0.25) is 0 Å². The van der Waals surface area contributed by atoms with Gasteiger partial charge in [0.05, 0.1) is 5.56 Å². The monoisotopic (exact) mass is 699 g/mol. The van der Waals surface area contributed by atoms with E-state index in [-0.39, 0.29) is 34.5 Å². The third-order valence-electron chi connectivity index (χ3n) is 9.64. The van der Waals surface area contributed by atoms with Crippen molar-refractivity contribution in [2.45, 2.75) is 115 Å². The number of nitrogens with one attached hydrogen (secondary N) is 2. The van der Waals surface area contributed by atoms with Crippen LogP contribution >= 0.6 is 23.5 Å². The zero-order chi connectivity index (χ0) is 34.1. The molecule has 2 aromatic heterocycles. The molecule has 2 aliphatic heterocycles. The zero-order valence-corrected chi connectivity index (χ0v) is 30.4. The van der Waals surface area contributed by atoms with E-state index in [1.54, 1.807) is 17.1 Å². The molecule has 2 amide bonds. The summed E-state index contributed by atoms with van der Waals surface area (Å²) in [5.41, 5.74) is 2.83. The normalized spacial score (nSPS) is 22.1. The molecule has 2 saturated carbocycles. The lowest BCUT2D eigenvalue weighted by molar-refractivity contribution is 0.0130. The SMILES string of the molecule is CC(C)(C)OC(=O)N1CC(CCCn2ccc(SNC(=O)c3ccc(N4C=CC(OCCC(C5CC5)C5CC5)N4)nc3Cl)n2)CC1(C)C. The van der Waals surface area contributed by atoms with Gasteiger partial charge in [0.1, 0.15) is 27.8 Å². The standard InChI is InChI=1S/C35H50ClN7O4S/c1-34(2,3)47-33(45)42-22-23(21-35(42,4)5)7-6-17-41-18-15-30(39-41)48-40-32(44)27-12-13-28(37-31(27)36)43-19-14-29(38-43)46-20-16-26(24-8-9-24)25-10-11-25/h12-15,18-19,23-26,29,38H,6-11,16-17,20-22H2,1-5H3,(H,40,44). The van der Waals surface area contributed by atoms with Crippen molar-refractivity contribution in [3.05, 3.63) is 47.4 Å². The van der Waals surface area contributed by atoms with Gasteiger partial charge in [0.15, 0.2) is 0 Å². The third kappa shape index (κ3) is 9.25. The van der Waals surface area contributed by atoms with Crippen molar-refractivity contribution in [2.24, 2.45) is 23.7 Å². The fourth-order valence-electron chi connectivity index (χ4n) is 7.02. The van der Waals surface area contributed by atoms with E-state index in [9.17, 15) is 9.59 Å². The summed E-state index contributed by atoms with van der Waals surface area (Å²) >= 11 is 7.60. The Morgan fingerprint density at radius 2 is 1.92 bits per heavy atom. The molecule has 0 bridgehead atoms. The van der Waals surface area contributed by atoms with Gasteiger partial charge in [0, 0.05) is 49.6 Å². The Labute approximate surface area is 293 Å². The molecule has 2 unspecified atom stereocenters. The van der Waals surface area contributed by atoms with Gasteiger partial charge in [-0.3, -0.25) is 19.2 Å². The molecule has 3 fully saturated rings. The molecule has 2 aliphatic carbocycles. The van der Waals surface area contributed by atoms with E-state index < -0.39 is 5.60 Å². The van der Waals surface area contributed by atoms with Crippen LogP contribution in [0.2, 0.25) is 5.15 Å². The summed E-state index contributed by atoms with van der Waals surface area (Å²) in [5, 5.41) is 7.17. The van der Waals surface area contributed by atoms with E-state index in [0.29, 0.717) is 23.3 Å². The number of hydrazine groups is 1. The number of aromatic nitrogens is 3. The summed E-state index contributed by atoms with van der Waals surface area (Å²) in [6.07, 6.45) is 14.8. The molecule has 6 rings (SSSR count). The number of amides is 2. The maximum absolute atomic E-state index is 12.9. The molecule has 48 heavy (non-hydrogen) atoms. The van der Waals surface area contributed by atoms with Crippen molar-refractivity contribution in [1.82, 2.24) is 29.8 Å². The lowest BCUT2D eigenvalue weighted by Gasteiger charge is -2.33. The minimum atomic E-state index is -0.509. The predicted octanol–water partition coefficient (Wildman–Crippen LogP) is 7.19. The number of ether oxygens (including phenoxy) is 2. The average molecular weight is 700 g/mol. The first-order valence-electron chi connectivity index (χ1n) is 17.4. The molecule has 2 atom stereocenters. The molecule has 0 aromatic carbocycles. The van der Waals surface area contributed by atoms with Gasteiger partial charge in [-0.15, -0.1) is 0 Å². The third-order valence-corrected chi connectivity index (χ3v) is 10.6. The molecule has 2 aromatic rings. The second-order valence-electron chi connectivity index (χ2n) is 15.3. The Balaban J connectivity index is 0.905. The van der Waals surface area contributed by atoms with E-state index in [1.165, 1.54) is 25.7 Å². The van der Waals surface area contributed by atoms with E-state index in [0.717, 1.165) is 68.5 Å². The highest BCUT2D eigenvalue weighted by molar-refractivity contribution is 7.97. The molecule has 11 nitrogen and oxygen atoms in total. The topological polar surface area (TPSA) is 114 Å². The molecule has 262 valence electrons. The van der Waals surface area contributed by atoms with Gasteiger partial charge in [-0.05, 0) is 134 Å². The van der Waals surface area contributed by atoms with Crippen LogP contribution in [0, 0.1) is 23.7 Å². The Hall–Kier alpha value is -2.80. The van der Waals surface area contributed by atoms with Crippen molar-refractivity contribution in [2.75, 3.05) is 18.2 Å². The number of nitrogens with zero attached hydrogens (tertiary/aromatic N) is 5. The maximum Gasteiger partial charge on any atom is 0.410 e. The van der Waals surface area contributed by atoms with Crippen molar-refractivity contribution < 1.29 is 19.1 Å². The number of halogens is 1. The number of likely N-dealkylation sites (tertiary alicyclic amines) is 1. The van der Waals surface area contributed by atoms with E-state index >= 15 is 0 Å². The van der Waals surface area contributed by atoms with Crippen LogP contribution in [0.25, 0.3) is 0 Å². The van der Waals surface area contributed by atoms with Gasteiger partial charge in [-0.1, -0.05) is 11.6 Å². The minimum Gasteiger partial charge on any atom is -0.444 e. The molecule has 0 spiro atoms. The second kappa shape index (κ2) is 14.6. The second-order valence-corrected chi connectivity index (χ2v) is 16.5. The fourth-order valence-corrected chi connectivity index (χ4v) is 7.84. The van der Waals surface area contributed by atoms with Gasteiger partial charge >= 0.3 is 6.09 Å². The van der Waals surface area contributed by atoms with Crippen molar-refractivity contribution in [1.29, 1.82) is 0 Å². The summed E-state index contributed by atoms with van der Waals surface area (Å²) < 4.78 is 16.4. The van der Waals surface area contributed by atoms with E-state index in [4.69, 9.17) is 21.1 Å². The number of pyridine rings is 1. The Kier molecular flexibility index (Phi) is 10.6. The largest absolute Gasteiger partial charge is 0.444 e. The molecular weight excluding hydrogens is 650 g/mol. The number of anilines is 1. The molecular formula is C35H50ClN7O4S.